The fraction of sp³-hybridized carbons (Fsp3) is 0.158. The van der Waals surface area contributed by atoms with Crippen molar-refractivity contribution in [2.75, 3.05) is 10.0 Å². The van der Waals surface area contributed by atoms with Crippen LogP contribution >= 0.6 is 0 Å². The van der Waals surface area contributed by atoms with Crippen LogP contribution in [0.15, 0.2) is 65.8 Å². The number of carbonyl (C=O) groups is 1. The topological polar surface area (TPSA) is 93.1 Å². The van der Waals surface area contributed by atoms with Gasteiger partial charge in [-0.25, -0.2) is 8.42 Å². The number of hydrogen-bond donors (Lipinski definition) is 2. The van der Waals surface area contributed by atoms with E-state index in [1.165, 1.54) is 60.4 Å². The second-order valence-corrected chi connectivity index (χ2v) is 8.12. The molecule has 2 aromatic carbocycles. The van der Waals surface area contributed by atoms with Gasteiger partial charge in [-0.1, -0.05) is 12.1 Å². The predicted octanol–water partition coefficient (Wildman–Crippen LogP) is 3.71. The summed E-state index contributed by atoms with van der Waals surface area (Å²) in [6.07, 6.45) is -1.81. The SMILES string of the molecule is CC(=O)Nc1ccc(S(=O)(=O)Nc2cnn(Cc3cccc(C(F)(F)F)c3)c2)cc1. The molecular formula is C19H17F3N4O3S. The molecule has 7 nitrogen and oxygen atoms in total. The zero-order chi connectivity index (χ0) is 21.9. The molecule has 0 aliphatic heterocycles. The summed E-state index contributed by atoms with van der Waals surface area (Å²) in [6, 6.07) is 10.4. The van der Waals surface area contributed by atoms with Crippen LogP contribution < -0.4 is 10.0 Å². The lowest BCUT2D eigenvalue weighted by Gasteiger charge is -2.09. The van der Waals surface area contributed by atoms with Crippen LogP contribution in [-0.2, 0) is 27.5 Å². The average molecular weight is 438 g/mol. The van der Waals surface area contributed by atoms with Gasteiger partial charge in [-0.05, 0) is 42.0 Å². The van der Waals surface area contributed by atoms with Crippen molar-refractivity contribution >= 4 is 27.3 Å². The average Bonchev–Trinajstić information content (AvgIpc) is 3.07. The summed E-state index contributed by atoms with van der Waals surface area (Å²) in [5.74, 6) is -0.281. The van der Waals surface area contributed by atoms with Crippen LogP contribution in [-0.4, -0.2) is 24.1 Å². The highest BCUT2D eigenvalue weighted by atomic mass is 32.2. The predicted molar refractivity (Wildman–Crippen MR) is 104 cm³/mol. The van der Waals surface area contributed by atoms with Gasteiger partial charge >= 0.3 is 6.18 Å². The molecule has 0 radical (unpaired) electrons. The minimum atomic E-state index is -4.45. The van der Waals surface area contributed by atoms with Crippen molar-refractivity contribution in [2.24, 2.45) is 0 Å². The van der Waals surface area contributed by atoms with Gasteiger partial charge in [0.05, 0.1) is 28.9 Å². The summed E-state index contributed by atoms with van der Waals surface area (Å²) in [7, 11) is -3.91. The van der Waals surface area contributed by atoms with Crippen LogP contribution in [0.25, 0.3) is 0 Å². The van der Waals surface area contributed by atoms with Crippen molar-refractivity contribution in [1.29, 1.82) is 0 Å². The van der Waals surface area contributed by atoms with E-state index in [4.69, 9.17) is 0 Å². The van der Waals surface area contributed by atoms with E-state index in [2.05, 4.69) is 15.1 Å². The quantitative estimate of drug-likeness (QED) is 0.614. The van der Waals surface area contributed by atoms with Crippen LogP contribution in [0.1, 0.15) is 18.1 Å². The first-order valence-electron chi connectivity index (χ1n) is 8.62. The largest absolute Gasteiger partial charge is 0.416 e. The second kappa shape index (κ2) is 8.19. The van der Waals surface area contributed by atoms with Gasteiger partial charge in [-0.3, -0.25) is 14.2 Å². The maximum absolute atomic E-state index is 12.8. The monoisotopic (exact) mass is 438 g/mol. The highest BCUT2D eigenvalue weighted by molar-refractivity contribution is 7.92. The number of hydrogen-bond acceptors (Lipinski definition) is 4. The van der Waals surface area contributed by atoms with Crippen LogP contribution in [0, 0.1) is 0 Å². The van der Waals surface area contributed by atoms with Gasteiger partial charge in [0.25, 0.3) is 10.0 Å². The van der Waals surface area contributed by atoms with E-state index in [0.717, 1.165) is 12.1 Å². The molecule has 0 saturated heterocycles. The Morgan fingerprint density at radius 2 is 1.80 bits per heavy atom. The van der Waals surface area contributed by atoms with Crippen molar-refractivity contribution in [3.05, 3.63) is 72.1 Å². The first-order chi connectivity index (χ1) is 14.0. The van der Waals surface area contributed by atoms with Crippen LogP contribution in [0.4, 0.5) is 24.5 Å². The van der Waals surface area contributed by atoms with Gasteiger partial charge in [0.2, 0.25) is 5.91 Å². The molecule has 3 rings (SSSR count). The Kier molecular flexibility index (Phi) is 5.83. The molecule has 30 heavy (non-hydrogen) atoms. The number of benzene rings is 2. The minimum Gasteiger partial charge on any atom is -0.326 e. The Labute approximate surface area is 170 Å². The van der Waals surface area contributed by atoms with E-state index in [-0.39, 0.29) is 23.0 Å². The van der Waals surface area contributed by atoms with Crippen molar-refractivity contribution in [2.45, 2.75) is 24.5 Å². The lowest BCUT2D eigenvalue weighted by Crippen LogP contribution is -2.13. The van der Waals surface area contributed by atoms with Crippen molar-refractivity contribution < 1.29 is 26.4 Å². The summed E-state index contributed by atoms with van der Waals surface area (Å²) >= 11 is 0. The Balaban J connectivity index is 1.71. The number of rotatable bonds is 6. The van der Waals surface area contributed by atoms with Gasteiger partial charge in [0.15, 0.2) is 0 Å². The van der Waals surface area contributed by atoms with Gasteiger partial charge in [0.1, 0.15) is 0 Å². The number of aromatic nitrogens is 2. The number of nitrogens with one attached hydrogen (secondary N) is 2. The number of halogens is 3. The smallest absolute Gasteiger partial charge is 0.326 e. The first-order valence-corrected chi connectivity index (χ1v) is 10.1. The molecule has 0 saturated carbocycles. The third-order valence-corrected chi connectivity index (χ3v) is 5.37. The Hall–Kier alpha value is -3.34. The van der Waals surface area contributed by atoms with E-state index in [0.29, 0.717) is 11.3 Å². The summed E-state index contributed by atoms with van der Waals surface area (Å²) in [5, 5.41) is 6.52. The van der Waals surface area contributed by atoms with Gasteiger partial charge < -0.3 is 5.32 Å². The molecule has 2 N–H and O–H groups in total. The highest BCUT2D eigenvalue weighted by Gasteiger charge is 2.30. The summed E-state index contributed by atoms with van der Waals surface area (Å²) < 4.78 is 67.2. The van der Waals surface area contributed by atoms with Gasteiger partial charge in [-0.15, -0.1) is 0 Å². The van der Waals surface area contributed by atoms with E-state index >= 15 is 0 Å². The number of anilines is 2. The van der Waals surface area contributed by atoms with Gasteiger partial charge in [0, 0.05) is 18.8 Å². The Morgan fingerprint density at radius 1 is 1.10 bits per heavy atom. The molecule has 158 valence electrons. The molecule has 0 aliphatic carbocycles. The number of nitrogens with zero attached hydrogens (tertiary/aromatic N) is 2. The molecule has 0 spiro atoms. The second-order valence-electron chi connectivity index (χ2n) is 6.44. The van der Waals surface area contributed by atoms with E-state index in [1.807, 2.05) is 0 Å². The molecule has 1 aromatic heterocycles. The summed E-state index contributed by atoms with van der Waals surface area (Å²) in [5.41, 5.74) is 0.218. The number of amides is 1. The van der Waals surface area contributed by atoms with Crippen molar-refractivity contribution in [3.8, 4) is 0 Å². The van der Waals surface area contributed by atoms with Crippen LogP contribution in [0.5, 0.6) is 0 Å². The molecule has 0 fully saturated rings. The molecule has 0 bridgehead atoms. The molecule has 11 heteroatoms. The molecule has 3 aromatic rings. The van der Waals surface area contributed by atoms with Crippen molar-refractivity contribution in [1.82, 2.24) is 9.78 Å². The third-order valence-electron chi connectivity index (χ3n) is 3.97. The Bertz CT molecular complexity index is 1160. The minimum absolute atomic E-state index is 0.0257. The lowest BCUT2D eigenvalue weighted by molar-refractivity contribution is -0.137. The zero-order valence-corrected chi connectivity index (χ0v) is 16.5. The number of carbonyl (C=O) groups excluding carboxylic acids is 1. The first kappa shape index (κ1) is 21.4. The summed E-state index contributed by atoms with van der Waals surface area (Å²) in [6.45, 7) is 1.38. The van der Waals surface area contributed by atoms with E-state index in [9.17, 15) is 26.4 Å². The van der Waals surface area contributed by atoms with Crippen molar-refractivity contribution in [3.63, 3.8) is 0 Å². The van der Waals surface area contributed by atoms with E-state index in [1.54, 1.807) is 0 Å². The fourth-order valence-corrected chi connectivity index (χ4v) is 3.70. The standard InChI is InChI=1S/C19H17F3N4O3S/c1-13(27)24-16-5-7-18(8-6-16)30(28,29)25-17-10-23-26(12-17)11-14-3-2-4-15(9-14)19(20,21)22/h2-10,12,25H,11H2,1H3,(H,24,27). The molecular weight excluding hydrogens is 421 g/mol. The summed E-state index contributed by atoms with van der Waals surface area (Å²) in [4.78, 5) is 11.0. The molecule has 1 heterocycles. The fourth-order valence-electron chi connectivity index (χ4n) is 2.67. The highest BCUT2D eigenvalue weighted by Crippen LogP contribution is 2.29. The number of sulfonamides is 1. The maximum Gasteiger partial charge on any atom is 0.416 e. The van der Waals surface area contributed by atoms with Crippen LogP contribution in [0.3, 0.4) is 0 Å². The molecule has 1 amide bonds. The molecule has 0 atom stereocenters. The van der Waals surface area contributed by atoms with Gasteiger partial charge in [-0.2, -0.15) is 18.3 Å². The molecule has 0 aliphatic rings. The van der Waals surface area contributed by atoms with Crippen LogP contribution in [0.2, 0.25) is 0 Å². The number of alkyl halides is 3. The third kappa shape index (κ3) is 5.38. The zero-order valence-electron chi connectivity index (χ0n) is 15.6. The Morgan fingerprint density at radius 3 is 2.43 bits per heavy atom. The lowest BCUT2D eigenvalue weighted by atomic mass is 10.1. The van der Waals surface area contributed by atoms with E-state index < -0.39 is 21.8 Å². The maximum atomic E-state index is 12.8. The molecule has 0 unspecified atom stereocenters. The normalized spacial score (nSPS) is 11.9.